The van der Waals surface area contributed by atoms with E-state index in [1.165, 1.54) is 12.8 Å². The number of hydrogen-bond acceptors (Lipinski definition) is 5. The molecule has 1 aliphatic carbocycles. The molecule has 0 spiro atoms. The van der Waals surface area contributed by atoms with Crippen molar-refractivity contribution >= 4 is 11.9 Å². The molecule has 0 aliphatic heterocycles. The number of carbonyl (C=O) groups excluding carboxylic acids is 2. The van der Waals surface area contributed by atoms with Gasteiger partial charge in [-0.3, -0.25) is 4.79 Å². The van der Waals surface area contributed by atoms with Crippen molar-refractivity contribution in [2.24, 2.45) is 5.92 Å². The van der Waals surface area contributed by atoms with Gasteiger partial charge in [-0.05, 0) is 50.7 Å². The van der Waals surface area contributed by atoms with Crippen LogP contribution in [0.4, 0.5) is 0 Å². The summed E-state index contributed by atoms with van der Waals surface area (Å²) in [4.78, 5) is 31.8. The van der Waals surface area contributed by atoms with Gasteiger partial charge in [0, 0.05) is 24.5 Å². The van der Waals surface area contributed by atoms with E-state index in [0.29, 0.717) is 40.9 Å². The second kappa shape index (κ2) is 8.24. The molecule has 2 aromatic heterocycles. The molecule has 0 radical (unpaired) electrons. The lowest BCUT2D eigenvalue weighted by Crippen LogP contribution is -2.24. The number of ether oxygens (including phenoxy) is 2. The monoisotopic (exact) mass is 371 g/mol. The van der Waals surface area contributed by atoms with E-state index in [1.807, 2.05) is 12.1 Å². The third-order valence-corrected chi connectivity index (χ3v) is 4.56. The molecule has 0 aromatic carbocycles. The van der Waals surface area contributed by atoms with Gasteiger partial charge in [-0.15, -0.1) is 0 Å². The van der Waals surface area contributed by atoms with Crippen molar-refractivity contribution in [3.05, 3.63) is 46.4 Å². The zero-order valence-corrected chi connectivity index (χ0v) is 15.9. The summed E-state index contributed by atoms with van der Waals surface area (Å²) in [5.41, 5.74) is 2.86. The first-order valence-corrected chi connectivity index (χ1v) is 9.21. The van der Waals surface area contributed by atoms with Crippen LogP contribution < -0.4 is 10.1 Å². The van der Waals surface area contributed by atoms with Gasteiger partial charge >= 0.3 is 5.97 Å². The van der Waals surface area contributed by atoms with Crippen LogP contribution >= 0.6 is 0 Å². The quantitative estimate of drug-likeness (QED) is 0.696. The van der Waals surface area contributed by atoms with Gasteiger partial charge in [0.05, 0.1) is 18.8 Å². The summed E-state index contributed by atoms with van der Waals surface area (Å²) >= 11 is 0. The highest BCUT2D eigenvalue weighted by Gasteiger charge is 2.23. The van der Waals surface area contributed by atoms with Gasteiger partial charge in [0.25, 0.3) is 5.91 Å². The van der Waals surface area contributed by atoms with Crippen molar-refractivity contribution in [3.63, 3.8) is 0 Å². The molecule has 1 fully saturated rings. The predicted molar refractivity (Wildman–Crippen MR) is 99.8 cm³/mol. The summed E-state index contributed by atoms with van der Waals surface area (Å²) in [6, 6.07) is 3.69. The average molecular weight is 371 g/mol. The van der Waals surface area contributed by atoms with E-state index < -0.39 is 5.97 Å². The molecule has 1 aliphatic rings. The van der Waals surface area contributed by atoms with E-state index in [9.17, 15) is 9.59 Å². The van der Waals surface area contributed by atoms with E-state index in [1.54, 1.807) is 27.0 Å². The Labute approximate surface area is 158 Å². The van der Waals surface area contributed by atoms with E-state index in [0.717, 1.165) is 12.2 Å². The van der Waals surface area contributed by atoms with Crippen LogP contribution in [-0.2, 0) is 11.3 Å². The van der Waals surface area contributed by atoms with E-state index in [2.05, 4.69) is 15.3 Å². The molecule has 7 nitrogen and oxygen atoms in total. The van der Waals surface area contributed by atoms with Crippen molar-refractivity contribution in [1.29, 1.82) is 0 Å². The Morgan fingerprint density at radius 1 is 1.30 bits per heavy atom. The molecular weight excluding hydrogens is 346 g/mol. The Morgan fingerprint density at radius 2 is 2.07 bits per heavy atom. The Balaban J connectivity index is 1.58. The van der Waals surface area contributed by atoms with Crippen LogP contribution in [0.1, 0.15) is 57.4 Å². The number of rotatable bonds is 8. The fourth-order valence-electron chi connectivity index (χ4n) is 2.85. The number of hydrogen-bond donors (Lipinski definition) is 2. The number of H-pyrrole nitrogens is 1. The number of nitrogens with zero attached hydrogens (tertiary/aromatic N) is 1. The SMILES string of the molecule is CCOC(=O)c1c(C)[nH]c(C(=O)NCc2ccc(OCC3CC3)nc2)c1C. The number of amides is 1. The first kappa shape index (κ1) is 18.9. The second-order valence-electron chi connectivity index (χ2n) is 6.79. The second-order valence-corrected chi connectivity index (χ2v) is 6.79. The van der Waals surface area contributed by atoms with E-state index >= 15 is 0 Å². The summed E-state index contributed by atoms with van der Waals surface area (Å²) in [5, 5.41) is 2.84. The normalized spacial score (nSPS) is 13.3. The molecule has 27 heavy (non-hydrogen) atoms. The van der Waals surface area contributed by atoms with Crippen LogP contribution in [0.15, 0.2) is 18.3 Å². The van der Waals surface area contributed by atoms with Gasteiger partial charge < -0.3 is 19.8 Å². The van der Waals surface area contributed by atoms with Crippen molar-refractivity contribution in [1.82, 2.24) is 15.3 Å². The fourth-order valence-corrected chi connectivity index (χ4v) is 2.85. The first-order chi connectivity index (χ1) is 13.0. The van der Waals surface area contributed by atoms with Crippen LogP contribution in [0.3, 0.4) is 0 Å². The molecule has 0 unspecified atom stereocenters. The number of nitrogens with one attached hydrogen (secondary N) is 2. The average Bonchev–Trinajstić information content (AvgIpc) is 3.43. The van der Waals surface area contributed by atoms with Crippen molar-refractivity contribution in [2.45, 2.75) is 40.2 Å². The molecule has 144 valence electrons. The van der Waals surface area contributed by atoms with Crippen LogP contribution in [0, 0.1) is 19.8 Å². The summed E-state index contributed by atoms with van der Waals surface area (Å²) in [6.07, 6.45) is 4.17. The molecule has 7 heteroatoms. The number of pyridine rings is 1. The molecule has 1 amide bonds. The van der Waals surface area contributed by atoms with Gasteiger partial charge in [-0.1, -0.05) is 6.07 Å². The lowest BCUT2D eigenvalue weighted by atomic mass is 10.1. The lowest BCUT2D eigenvalue weighted by Gasteiger charge is -2.07. The molecule has 2 N–H and O–H groups in total. The number of aromatic nitrogens is 2. The highest BCUT2D eigenvalue weighted by atomic mass is 16.5. The largest absolute Gasteiger partial charge is 0.477 e. The predicted octanol–water partition coefficient (Wildman–Crippen LogP) is 2.92. The maximum atomic E-state index is 12.5. The topological polar surface area (TPSA) is 93.3 Å². The van der Waals surface area contributed by atoms with Gasteiger partial charge in [-0.2, -0.15) is 0 Å². The highest BCUT2D eigenvalue weighted by Crippen LogP contribution is 2.29. The minimum Gasteiger partial charge on any atom is -0.477 e. The van der Waals surface area contributed by atoms with Gasteiger partial charge in [0.15, 0.2) is 0 Å². The summed E-state index contributed by atoms with van der Waals surface area (Å²) in [7, 11) is 0. The molecule has 3 rings (SSSR count). The fraction of sp³-hybridized carbons (Fsp3) is 0.450. The maximum Gasteiger partial charge on any atom is 0.340 e. The smallest absolute Gasteiger partial charge is 0.340 e. The van der Waals surface area contributed by atoms with E-state index in [-0.39, 0.29) is 12.5 Å². The Morgan fingerprint density at radius 3 is 2.70 bits per heavy atom. The van der Waals surface area contributed by atoms with Gasteiger partial charge in [0.1, 0.15) is 5.69 Å². The standard InChI is InChI=1S/C20H25N3O4/c1-4-26-20(25)17-12(2)18(23-13(17)3)19(24)22-10-15-7-8-16(21-9-15)27-11-14-5-6-14/h7-9,14,23H,4-6,10-11H2,1-3H3,(H,22,24). The molecule has 0 saturated heterocycles. The maximum absolute atomic E-state index is 12.5. The molecule has 1 saturated carbocycles. The van der Waals surface area contributed by atoms with Crippen LogP contribution in [0.2, 0.25) is 0 Å². The van der Waals surface area contributed by atoms with Crippen LogP contribution in [0.25, 0.3) is 0 Å². The third-order valence-electron chi connectivity index (χ3n) is 4.56. The van der Waals surface area contributed by atoms with E-state index in [4.69, 9.17) is 9.47 Å². The van der Waals surface area contributed by atoms with Gasteiger partial charge in [0.2, 0.25) is 5.88 Å². The zero-order valence-electron chi connectivity index (χ0n) is 15.9. The van der Waals surface area contributed by atoms with Crippen LogP contribution in [-0.4, -0.2) is 35.1 Å². The summed E-state index contributed by atoms with van der Waals surface area (Å²) in [6.45, 7) is 6.58. The summed E-state index contributed by atoms with van der Waals surface area (Å²) < 4.78 is 10.7. The molecule has 2 heterocycles. The third kappa shape index (κ3) is 4.67. The molecule has 0 atom stereocenters. The molecular formula is C20H25N3O4. The minimum atomic E-state index is -0.422. The number of esters is 1. The Kier molecular flexibility index (Phi) is 5.78. The molecule has 0 bridgehead atoms. The molecule has 2 aromatic rings. The van der Waals surface area contributed by atoms with Crippen LogP contribution in [0.5, 0.6) is 5.88 Å². The van der Waals surface area contributed by atoms with Crippen molar-refractivity contribution < 1.29 is 19.1 Å². The highest BCUT2D eigenvalue weighted by molar-refractivity contribution is 6.00. The lowest BCUT2D eigenvalue weighted by molar-refractivity contribution is 0.0525. The number of aryl methyl sites for hydroxylation is 1. The summed E-state index contributed by atoms with van der Waals surface area (Å²) in [5.74, 6) is 0.582. The van der Waals surface area contributed by atoms with Gasteiger partial charge in [-0.25, -0.2) is 9.78 Å². The van der Waals surface area contributed by atoms with Crippen molar-refractivity contribution in [2.75, 3.05) is 13.2 Å². The zero-order chi connectivity index (χ0) is 19.4. The first-order valence-electron chi connectivity index (χ1n) is 9.21. The Bertz CT molecular complexity index is 822. The number of carbonyl (C=O) groups is 2. The Hall–Kier alpha value is -2.83. The van der Waals surface area contributed by atoms with Crippen molar-refractivity contribution in [3.8, 4) is 5.88 Å². The minimum absolute atomic E-state index is 0.278. The number of aromatic amines is 1.